The Bertz CT molecular complexity index is 942. The van der Waals surface area contributed by atoms with Gasteiger partial charge in [-0.1, -0.05) is 11.6 Å². The highest BCUT2D eigenvalue weighted by Gasteiger charge is 2.18. The number of aryl methyl sites for hydroxylation is 1. The summed E-state index contributed by atoms with van der Waals surface area (Å²) in [7, 11) is 1.91. The van der Waals surface area contributed by atoms with Crippen molar-refractivity contribution in [2.75, 3.05) is 18.9 Å². The number of H-pyrrole nitrogens is 1. The van der Waals surface area contributed by atoms with Gasteiger partial charge in [-0.3, -0.25) is 14.8 Å². The minimum absolute atomic E-state index is 0.123. The highest BCUT2D eigenvalue weighted by atomic mass is 35.5. The molecule has 0 spiro atoms. The second-order valence-electron chi connectivity index (χ2n) is 6.90. The average Bonchev–Trinajstić information content (AvgIpc) is 3.18. The molecule has 1 atom stereocenters. The van der Waals surface area contributed by atoms with Crippen LogP contribution in [0.2, 0.25) is 5.02 Å². The molecule has 152 valence electrons. The molecule has 2 N–H and O–H groups in total. The molecular weight excluding hydrogens is 393 g/mol. The molecule has 1 unspecified atom stereocenters. The first-order valence-corrected chi connectivity index (χ1v) is 9.73. The Labute approximate surface area is 174 Å². The van der Waals surface area contributed by atoms with Crippen LogP contribution in [0.25, 0.3) is 11.3 Å². The Morgan fingerprint density at radius 1 is 1.28 bits per heavy atom. The molecule has 2 heterocycles. The molecule has 0 saturated heterocycles. The first-order chi connectivity index (χ1) is 13.9. The molecule has 0 radical (unpaired) electrons. The van der Waals surface area contributed by atoms with Crippen molar-refractivity contribution in [1.82, 2.24) is 20.1 Å². The number of carbonyl (C=O) groups is 1. The molecule has 29 heavy (non-hydrogen) atoms. The van der Waals surface area contributed by atoms with Crippen LogP contribution in [0.3, 0.4) is 0 Å². The number of benzene rings is 1. The predicted molar refractivity (Wildman–Crippen MR) is 112 cm³/mol. The Kier molecular flexibility index (Phi) is 6.95. The fourth-order valence-electron chi connectivity index (χ4n) is 2.85. The molecular formula is C21H23ClFN5O. The van der Waals surface area contributed by atoms with Crippen LogP contribution in [0, 0.1) is 5.82 Å². The van der Waals surface area contributed by atoms with Gasteiger partial charge in [0.15, 0.2) is 0 Å². The first-order valence-electron chi connectivity index (χ1n) is 9.35. The largest absolute Gasteiger partial charge is 0.309 e. The van der Waals surface area contributed by atoms with Gasteiger partial charge in [0.1, 0.15) is 11.6 Å². The van der Waals surface area contributed by atoms with Crippen molar-refractivity contribution in [1.29, 1.82) is 0 Å². The number of likely N-dealkylation sites (N-methyl/N-ethyl adjacent to an activating group) is 1. The highest BCUT2D eigenvalue weighted by Crippen LogP contribution is 2.18. The Hall–Kier alpha value is -2.77. The normalized spacial score (nSPS) is 12.2. The molecule has 0 aliphatic rings. The van der Waals surface area contributed by atoms with Crippen LogP contribution in [-0.2, 0) is 11.2 Å². The second kappa shape index (κ2) is 9.62. The van der Waals surface area contributed by atoms with Crippen molar-refractivity contribution in [3.8, 4) is 11.3 Å². The van der Waals surface area contributed by atoms with Crippen LogP contribution in [0.4, 0.5) is 10.2 Å². The average molecular weight is 416 g/mol. The van der Waals surface area contributed by atoms with Crippen molar-refractivity contribution < 1.29 is 9.18 Å². The number of aromatic nitrogens is 3. The molecule has 1 aromatic carbocycles. The van der Waals surface area contributed by atoms with Crippen molar-refractivity contribution in [2.24, 2.45) is 0 Å². The number of aromatic amines is 1. The summed E-state index contributed by atoms with van der Waals surface area (Å²) in [6, 6.07) is 11.3. The van der Waals surface area contributed by atoms with E-state index in [1.807, 2.05) is 24.9 Å². The lowest BCUT2D eigenvalue weighted by atomic mass is 10.1. The predicted octanol–water partition coefficient (Wildman–Crippen LogP) is 4.16. The van der Waals surface area contributed by atoms with Gasteiger partial charge in [0.25, 0.3) is 0 Å². The lowest BCUT2D eigenvalue weighted by molar-refractivity contribution is -0.120. The molecule has 0 saturated carbocycles. The maximum absolute atomic E-state index is 13.0. The summed E-state index contributed by atoms with van der Waals surface area (Å²) in [6.07, 6.45) is 3.15. The van der Waals surface area contributed by atoms with E-state index in [0.717, 1.165) is 36.3 Å². The van der Waals surface area contributed by atoms with Crippen LogP contribution in [0.15, 0.2) is 48.7 Å². The minimum Gasteiger partial charge on any atom is -0.309 e. The van der Waals surface area contributed by atoms with Gasteiger partial charge in [-0.25, -0.2) is 9.37 Å². The summed E-state index contributed by atoms with van der Waals surface area (Å²) in [5.41, 5.74) is 2.66. The third-order valence-electron chi connectivity index (χ3n) is 4.75. The summed E-state index contributed by atoms with van der Waals surface area (Å²) >= 11 is 5.81. The first kappa shape index (κ1) is 21.0. The molecule has 8 heteroatoms. The van der Waals surface area contributed by atoms with E-state index < -0.39 is 0 Å². The standard InChI is InChI=1S/C21H23ClFN5O/c1-14(21(29)25-20-10-7-16(22)13-24-20)28(2)11-3-4-18-12-19(27-26-18)15-5-8-17(23)9-6-15/h5-10,12-14H,3-4,11H2,1-2H3,(H,26,27)(H,24,25,29). The Morgan fingerprint density at radius 2 is 2.03 bits per heavy atom. The zero-order valence-corrected chi connectivity index (χ0v) is 17.1. The highest BCUT2D eigenvalue weighted by molar-refractivity contribution is 6.30. The van der Waals surface area contributed by atoms with Gasteiger partial charge in [-0.2, -0.15) is 5.10 Å². The summed E-state index contributed by atoms with van der Waals surface area (Å²) in [4.78, 5) is 18.5. The number of nitrogens with one attached hydrogen (secondary N) is 2. The van der Waals surface area contributed by atoms with E-state index in [1.165, 1.54) is 18.3 Å². The number of amides is 1. The summed E-state index contributed by atoms with van der Waals surface area (Å²) in [6.45, 7) is 2.60. The summed E-state index contributed by atoms with van der Waals surface area (Å²) < 4.78 is 13.0. The molecule has 0 bridgehead atoms. The zero-order chi connectivity index (χ0) is 20.8. The molecule has 6 nitrogen and oxygen atoms in total. The molecule has 2 aromatic heterocycles. The molecule has 1 amide bonds. The molecule has 0 aliphatic heterocycles. The number of hydrogen-bond acceptors (Lipinski definition) is 4. The van der Waals surface area contributed by atoms with Crippen LogP contribution < -0.4 is 5.32 Å². The van der Waals surface area contributed by atoms with E-state index >= 15 is 0 Å². The molecule has 3 aromatic rings. The van der Waals surface area contributed by atoms with Crippen LogP contribution in [0.5, 0.6) is 0 Å². The monoisotopic (exact) mass is 415 g/mol. The third kappa shape index (κ3) is 5.85. The van der Waals surface area contributed by atoms with Crippen molar-refractivity contribution in [3.05, 3.63) is 65.2 Å². The smallest absolute Gasteiger partial charge is 0.242 e. The zero-order valence-electron chi connectivity index (χ0n) is 16.3. The van der Waals surface area contributed by atoms with Crippen LogP contribution in [0.1, 0.15) is 19.0 Å². The van der Waals surface area contributed by atoms with Gasteiger partial charge < -0.3 is 5.32 Å². The van der Waals surface area contributed by atoms with Gasteiger partial charge in [-0.15, -0.1) is 0 Å². The third-order valence-corrected chi connectivity index (χ3v) is 4.97. The van der Waals surface area contributed by atoms with Crippen molar-refractivity contribution >= 4 is 23.3 Å². The number of nitrogens with zero attached hydrogens (tertiary/aromatic N) is 3. The van der Waals surface area contributed by atoms with E-state index in [9.17, 15) is 9.18 Å². The van der Waals surface area contributed by atoms with Crippen molar-refractivity contribution in [2.45, 2.75) is 25.8 Å². The van der Waals surface area contributed by atoms with Gasteiger partial charge in [0.05, 0.1) is 16.8 Å². The topological polar surface area (TPSA) is 73.9 Å². The fourth-order valence-corrected chi connectivity index (χ4v) is 2.96. The van der Waals surface area contributed by atoms with Crippen molar-refractivity contribution in [3.63, 3.8) is 0 Å². The van der Waals surface area contributed by atoms with Gasteiger partial charge in [0.2, 0.25) is 5.91 Å². The number of pyridine rings is 1. The van der Waals surface area contributed by atoms with E-state index in [4.69, 9.17) is 11.6 Å². The number of rotatable bonds is 8. The molecule has 0 fully saturated rings. The fraction of sp³-hybridized carbons (Fsp3) is 0.286. The number of anilines is 1. The van der Waals surface area contributed by atoms with E-state index in [1.54, 1.807) is 24.3 Å². The van der Waals surface area contributed by atoms with Gasteiger partial charge >= 0.3 is 0 Å². The number of halogens is 2. The molecule has 3 rings (SSSR count). The minimum atomic E-state index is -0.302. The van der Waals surface area contributed by atoms with Crippen LogP contribution in [-0.4, -0.2) is 45.6 Å². The van der Waals surface area contributed by atoms with Gasteiger partial charge in [-0.05, 0) is 75.8 Å². The quantitative estimate of drug-likeness (QED) is 0.579. The van der Waals surface area contributed by atoms with E-state index in [-0.39, 0.29) is 17.8 Å². The molecule has 0 aliphatic carbocycles. The van der Waals surface area contributed by atoms with Crippen LogP contribution >= 0.6 is 11.6 Å². The number of carbonyl (C=O) groups excluding carboxylic acids is 1. The Morgan fingerprint density at radius 3 is 2.72 bits per heavy atom. The lowest BCUT2D eigenvalue weighted by Gasteiger charge is -2.23. The SMILES string of the molecule is CC(C(=O)Nc1ccc(Cl)cn1)N(C)CCCc1cc(-c2ccc(F)cc2)n[nH]1. The maximum Gasteiger partial charge on any atom is 0.242 e. The summed E-state index contributed by atoms with van der Waals surface area (Å²) in [5, 5.41) is 10.6. The van der Waals surface area contributed by atoms with Gasteiger partial charge in [0, 0.05) is 17.5 Å². The summed E-state index contributed by atoms with van der Waals surface area (Å²) in [5.74, 6) is 0.0884. The lowest BCUT2D eigenvalue weighted by Crippen LogP contribution is -2.40. The number of hydrogen-bond donors (Lipinski definition) is 2. The van der Waals surface area contributed by atoms with E-state index in [0.29, 0.717) is 10.8 Å². The second-order valence-corrected chi connectivity index (χ2v) is 7.33. The van der Waals surface area contributed by atoms with E-state index in [2.05, 4.69) is 20.5 Å². The Balaban J connectivity index is 1.46. The maximum atomic E-state index is 13.0.